The van der Waals surface area contributed by atoms with Crippen LogP contribution in [-0.2, 0) is 17.6 Å². The van der Waals surface area contributed by atoms with Crippen LogP contribution in [0.15, 0.2) is 42.6 Å². The van der Waals surface area contributed by atoms with Crippen LogP contribution in [0.3, 0.4) is 0 Å². The van der Waals surface area contributed by atoms with Gasteiger partial charge in [-0.2, -0.15) is 0 Å². The van der Waals surface area contributed by atoms with E-state index in [2.05, 4.69) is 16.9 Å². The minimum Gasteiger partial charge on any atom is -0.321 e. The third-order valence-corrected chi connectivity index (χ3v) is 4.02. The fourth-order valence-electron chi connectivity index (χ4n) is 2.58. The summed E-state index contributed by atoms with van der Waals surface area (Å²) in [5, 5.41) is 0. The smallest absolute Gasteiger partial charge is 0.174 e. The number of nitrogens with zero attached hydrogens (tertiary/aromatic N) is 2. The fourth-order valence-corrected chi connectivity index (χ4v) is 2.58. The summed E-state index contributed by atoms with van der Waals surface area (Å²) in [5.41, 5.74) is 14.0. The molecule has 0 aliphatic rings. The Bertz CT molecular complexity index is 645. The van der Waals surface area contributed by atoms with Crippen LogP contribution in [0.2, 0.25) is 0 Å². The number of aryl methyl sites for hydroxylation is 1. The van der Waals surface area contributed by atoms with Crippen molar-refractivity contribution in [3.8, 4) is 0 Å². The topological polar surface area (TPSA) is 94.9 Å². The lowest BCUT2D eigenvalue weighted by Gasteiger charge is -2.16. The van der Waals surface area contributed by atoms with Gasteiger partial charge in [0.2, 0.25) is 0 Å². The van der Waals surface area contributed by atoms with Gasteiger partial charge in [0.25, 0.3) is 0 Å². The predicted octanol–water partition coefficient (Wildman–Crippen LogP) is 2.35. The molecule has 4 N–H and O–H groups in total. The van der Waals surface area contributed by atoms with E-state index in [0.717, 1.165) is 36.9 Å². The van der Waals surface area contributed by atoms with Gasteiger partial charge >= 0.3 is 0 Å². The molecular formula is C19H26N4O. The second-order valence-electron chi connectivity index (χ2n) is 6.04. The molecule has 2 aromatic rings. The van der Waals surface area contributed by atoms with Gasteiger partial charge in [0.1, 0.15) is 6.04 Å². The highest BCUT2D eigenvalue weighted by molar-refractivity contribution is 5.89. The average Bonchev–Trinajstić information content (AvgIpc) is 2.62. The maximum absolute atomic E-state index is 12.5. The minimum absolute atomic E-state index is 0.232. The van der Waals surface area contributed by atoms with Gasteiger partial charge in [0.15, 0.2) is 11.6 Å². The van der Waals surface area contributed by atoms with Crippen LogP contribution >= 0.6 is 0 Å². The molecule has 2 atom stereocenters. The van der Waals surface area contributed by atoms with Crippen LogP contribution < -0.4 is 11.5 Å². The SMILES string of the molecule is CCCCCc1ccnc(C(N)C(=O)C(N)Cc2ccccc2)n1. The molecule has 1 aromatic carbocycles. The number of carbonyl (C=O) groups is 1. The Kier molecular flexibility index (Phi) is 7.03. The van der Waals surface area contributed by atoms with E-state index in [-0.39, 0.29) is 5.78 Å². The zero-order valence-corrected chi connectivity index (χ0v) is 14.2. The average molecular weight is 326 g/mol. The Balaban J connectivity index is 2.00. The van der Waals surface area contributed by atoms with Gasteiger partial charge in [-0.15, -0.1) is 0 Å². The van der Waals surface area contributed by atoms with Crippen molar-refractivity contribution in [1.29, 1.82) is 0 Å². The molecular weight excluding hydrogens is 300 g/mol. The van der Waals surface area contributed by atoms with E-state index < -0.39 is 12.1 Å². The van der Waals surface area contributed by atoms with E-state index in [1.807, 2.05) is 36.4 Å². The Hall–Kier alpha value is -2.11. The van der Waals surface area contributed by atoms with Crippen molar-refractivity contribution >= 4 is 5.78 Å². The van der Waals surface area contributed by atoms with Gasteiger partial charge in [-0.1, -0.05) is 50.1 Å². The van der Waals surface area contributed by atoms with Gasteiger partial charge in [-0.05, 0) is 30.9 Å². The van der Waals surface area contributed by atoms with Gasteiger partial charge in [0, 0.05) is 11.9 Å². The molecule has 0 radical (unpaired) electrons. The number of Topliss-reactive ketones (excluding diaryl/α,β-unsaturated/α-hetero) is 1. The fraction of sp³-hybridized carbons (Fsp3) is 0.421. The molecule has 5 heteroatoms. The molecule has 0 spiro atoms. The number of ketones is 1. The van der Waals surface area contributed by atoms with Crippen molar-refractivity contribution in [2.75, 3.05) is 0 Å². The van der Waals surface area contributed by atoms with Gasteiger partial charge in [0.05, 0.1) is 6.04 Å². The molecule has 5 nitrogen and oxygen atoms in total. The second kappa shape index (κ2) is 9.25. The molecule has 0 aliphatic carbocycles. The van der Waals surface area contributed by atoms with E-state index in [0.29, 0.717) is 12.2 Å². The highest BCUT2D eigenvalue weighted by Crippen LogP contribution is 2.12. The zero-order chi connectivity index (χ0) is 17.4. The van der Waals surface area contributed by atoms with Crippen molar-refractivity contribution < 1.29 is 4.79 Å². The standard InChI is InChI=1S/C19H26N4O/c1-2-3-5-10-15-11-12-22-19(23-15)17(21)18(24)16(20)13-14-8-6-4-7-9-14/h4,6-9,11-12,16-17H,2-3,5,10,13,20-21H2,1H3. The van der Waals surface area contributed by atoms with E-state index in [1.165, 1.54) is 0 Å². The summed E-state index contributed by atoms with van der Waals surface area (Å²) in [5.74, 6) is 0.127. The number of benzene rings is 1. The van der Waals surface area contributed by atoms with Crippen LogP contribution in [0.1, 0.15) is 49.3 Å². The number of hydrogen-bond acceptors (Lipinski definition) is 5. The molecule has 0 fully saturated rings. The summed E-state index contributed by atoms with van der Waals surface area (Å²) in [6.07, 6.45) is 6.39. The third-order valence-electron chi connectivity index (χ3n) is 4.02. The molecule has 0 amide bonds. The molecule has 2 rings (SSSR count). The number of rotatable bonds is 9. The summed E-state index contributed by atoms with van der Waals surface area (Å²) < 4.78 is 0. The molecule has 2 unspecified atom stereocenters. The Morgan fingerprint density at radius 1 is 1.12 bits per heavy atom. The number of unbranched alkanes of at least 4 members (excludes halogenated alkanes) is 2. The van der Waals surface area contributed by atoms with Crippen molar-refractivity contribution in [3.05, 3.63) is 59.7 Å². The van der Waals surface area contributed by atoms with E-state index in [1.54, 1.807) is 6.20 Å². The second-order valence-corrected chi connectivity index (χ2v) is 6.04. The van der Waals surface area contributed by atoms with Crippen molar-refractivity contribution in [1.82, 2.24) is 9.97 Å². The first-order valence-electron chi connectivity index (χ1n) is 8.52. The molecule has 24 heavy (non-hydrogen) atoms. The number of carbonyl (C=O) groups excluding carboxylic acids is 1. The van der Waals surface area contributed by atoms with Crippen molar-refractivity contribution in [3.63, 3.8) is 0 Å². The van der Waals surface area contributed by atoms with Crippen LogP contribution in [0, 0.1) is 0 Å². The molecule has 0 saturated heterocycles. The number of nitrogens with two attached hydrogens (primary N) is 2. The van der Waals surface area contributed by atoms with Crippen molar-refractivity contribution in [2.24, 2.45) is 11.5 Å². The Morgan fingerprint density at radius 2 is 1.88 bits per heavy atom. The van der Waals surface area contributed by atoms with E-state index in [9.17, 15) is 4.79 Å². The molecule has 0 saturated carbocycles. The number of aromatic nitrogens is 2. The van der Waals surface area contributed by atoms with Gasteiger partial charge in [-0.3, -0.25) is 4.79 Å². The van der Waals surface area contributed by atoms with Gasteiger partial charge < -0.3 is 11.5 Å². The molecule has 1 aromatic heterocycles. The summed E-state index contributed by atoms with van der Waals surface area (Å²) in [6.45, 7) is 2.16. The maximum Gasteiger partial charge on any atom is 0.174 e. The maximum atomic E-state index is 12.5. The number of hydrogen-bond donors (Lipinski definition) is 2. The summed E-state index contributed by atoms with van der Waals surface area (Å²) in [6, 6.07) is 10.0. The Labute approximate surface area is 143 Å². The highest BCUT2D eigenvalue weighted by Gasteiger charge is 2.25. The lowest BCUT2D eigenvalue weighted by atomic mass is 9.98. The molecule has 0 bridgehead atoms. The van der Waals surface area contributed by atoms with Crippen LogP contribution in [0.4, 0.5) is 0 Å². The first-order chi connectivity index (χ1) is 11.6. The predicted molar refractivity (Wildman–Crippen MR) is 95.3 cm³/mol. The van der Waals surface area contributed by atoms with Crippen molar-refractivity contribution in [2.45, 2.75) is 51.1 Å². The van der Waals surface area contributed by atoms with Crippen LogP contribution in [0.5, 0.6) is 0 Å². The summed E-state index contributed by atoms with van der Waals surface area (Å²) in [7, 11) is 0. The lowest BCUT2D eigenvalue weighted by molar-refractivity contribution is -0.121. The third kappa shape index (κ3) is 5.22. The largest absolute Gasteiger partial charge is 0.321 e. The summed E-state index contributed by atoms with van der Waals surface area (Å²) in [4.78, 5) is 21.1. The zero-order valence-electron chi connectivity index (χ0n) is 14.2. The van der Waals surface area contributed by atoms with E-state index >= 15 is 0 Å². The normalized spacial score (nSPS) is 13.5. The van der Waals surface area contributed by atoms with Crippen LogP contribution in [0.25, 0.3) is 0 Å². The highest BCUT2D eigenvalue weighted by atomic mass is 16.1. The quantitative estimate of drug-likeness (QED) is 0.690. The molecule has 0 aliphatic heterocycles. The molecule has 1 heterocycles. The molecule has 128 valence electrons. The van der Waals surface area contributed by atoms with Gasteiger partial charge in [-0.25, -0.2) is 9.97 Å². The van der Waals surface area contributed by atoms with Crippen LogP contribution in [-0.4, -0.2) is 21.8 Å². The summed E-state index contributed by atoms with van der Waals surface area (Å²) >= 11 is 0. The van der Waals surface area contributed by atoms with E-state index in [4.69, 9.17) is 11.5 Å². The Morgan fingerprint density at radius 3 is 2.58 bits per heavy atom. The first-order valence-corrected chi connectivity index (χ1v) is 8.52. The minimum atomic E-state index is -0.880. The first kappa shape index (κ1) is 18.2. The lowest BCUT2D eigenvalue weighted by Crippen LogP contribution is -2.40. The monoisotopic (exact) mass is 326 g/mol.